The first-order valence-corrected chi connectivity index (χ1v) is 7.04. The summed E-state index contributed by atoms with van der Waals surface area (Å²) in [6, 6.07) is 3.36. The van der Waals surface area contributed by atoms with Crippen LogP contribution in [-0.2, 0) is 16.5 Å². The number of carbonyl (C=O) groups excluding carboxylic acids is 2. The molecule has 0 bridgehead atoms. The van der Waals surface area contributed by atoms with Gasteiger partial charge >= 0.3 is 11.9 Å². The number of aryl methyl sites for hydroxylation is 2. The molecule has 1 heterocycles. The van der Waals surface area contributed by atoms with Crippen LogP contribution in [0.25, 0.3) is 10.8 Å². The third kappa shape index (κ3) is 2.39. The fourth-order valence-corrected chi connectivity index (χ4v) is 2.74. The summed E-state index contributed by atoms with van der Waals surface area (Å²) in [5.74, 6) is -1.15. The summed E-state index contributed by atoms with van der Waals surface area (Å²) in [5.41, 5.74) is 2.31. The lowest BCUT2D eigenvalue weighted by Gasteiger charge is -2.01. The molecule has 2 rings (SSSR count). The number of hydrogen-bond acceptors (Lipinski definition) is 5. The monoisotopic (exact) mass is 319 g/mol. The van der Waals surface area contributed by atoms with Crippen LogP contribution in [0.5, 0.6) is 0 Å². The van der Waals surface area contributed by atoms with Crippen LogP contribution in [0, 0.1) is 18.4 Å². The van der Waals surface area contributed by atoms with Crippen LogP contribution in [0.3, 0.4) is 0 Å². The summed E-state index contributed by atoms with van der Waals surface area (Å²) < 4.78 is 11.7. The van der Waals surface area contributed by atoms with Crippen molar-refractivity contribution in [3.05, 3.63) is 39.2 Å². The average molecular weight is 319 g/mol. The molecule has 0 saturated carbocycles. The van der Waals surface area contributed by atoms with E-state index in [1.807, 2.05) is 25.5 Å². The molecule has 1 aromatic carbocycles. The number of ether oxygens (including phenoxy) is 2. The molecule has 0 amide bonds. The Kier molecular flexibility index (Phi) is 4.32. The van der Waals surface area contributed by atoms with E-state index in [9.17, 15) is 9.59 Å². The highest BCUT2D eigenvalue weighted by Gasteiger charge is 2.19. The molecule has 1 aromatic heterocycles. The molecule has 0 radical (unpaired) electrons. The number of methoxy groups -OCH3 is 2. The van der Waals surface area contributed by atoms with E-state index >= 15 is 0 Å². The fourth-order valence-electron chi connectivity index (χ4n) is 2.46. The van der Waals surface area contributed by atoms with E-state index in [4.69, 9.17) is 21.7 Å². The summed E-state index contributed by atoms with van der Waals surface area (Å²) in [4.78, 5) is 24.1. The number of hydrogen-bond donors (Lipinski definition) is 0. The SMILES string of the molecule is COC(=O)c1cc2c(C)n(C)c(C)c2cc(C(=O)OC)c1=S. The molecule has 2 aromatic rings. The van der Waals surface area contributed by atoms with Crippen LogP contribution in [0.15, 0.2) is 12.1 Å². The van der Waals surface area contributed by atoms with Crippen LogP contribution in [0.1, 0.15) is 32.1 Å². The number of rotatable bonds is 2. The molecule has 0 aliphatic heterocycles. The van der Waals surface area contributed by atoms with Crippen molar-refractivity contribution < 1.29 is 19.1 Å². The van der Waals surface area contributed by atoms with E-state index < -0.39 is 11.9 Å². The topological polar surface area (TPSA) is 57.5 Å². The van der Waals surface area contributed by atoms with E-state index in [1.165, 1.54) is 14.2 Å². The Morgan fingerprint density at radius 1 is 0.955 bits per heavy atom. The highest BCUT2D eigenvalue weighted by molar-refractivity contribution is 7.71. The maximum absolute atomic E-state index is 12.0. The zero-order valence-electron chi connectivity index (χ0n) is 13.1. The van der Waals surface area contributed by atoms with Gasteiger partial charge in [-0.3, -0.25) is 0 Å². The molecule has 0 aliphatic rings. The van der Waals surface area contributed by atoms with Crippen molar-refractivity contribution in [2.75, 3.05) is 14.2 Å². The van der Waals surface area contributed by atoms with Crippen molar-refractivity contribution in [3.63, 3.8) is 0 Å². The quantitative estimate of drug-likeness (QED) is 0.629. The van der Waals surface area contributed by atoms with E-state index in [0.717, 1.165) is 22.2 Å². The minimum absolute atomic E-state index is 0.136. The van der Waals surface area contributed by atoms with Gasteiger partial charge in [-0.15, -0.1) is 0 Å². The van der Waals surface area contributed by atoms with Crippen molar-refractivity contribution in [2.24, 2.45) is 7.05 Å². The van der Waals surface area contributed by atoms with Gasteiger partial charge in [0, 0.05) is 29.2 Å². The van der Waals surface area contributed by atoms with Crippen molar-refractivity contribution in [1.29, 1.82) is 0 Å². The van der Waals surface area contributed by atoms with Gasteiger partial charge in [0.2, 0.25) is 0 Å². The van der Waals surface area contributed by atoms with Gasteiger partial charge in [0.25, 0.3) is 0 Å². The zero-order valence-corrected chi connectivity index (χ0v) is 14.0. The van der Waals surface area contributed by atoms with Crippen LogP contribution in [0.2, 0.25) is 0 Å². The molecule has 0 aliphatic carbocycles. The van der Waals surface area contributed by atoms with Gasteiger partial charge in [0.1, 0.15) is 0 Å². The van der Waals surface area contributed by atoms with Gasteiger partial charge in [-0.1, -0.05) is 12.2 Å². The Morgan fingerprint density at radius 3 is 1.64 bits per heavy atom. The lowest BCUT2D eigenvalue weighted by molar-refractivity contribution is 0.0599. The standard InChI is InChI=1S/C16H17NO4S/c1-8-10-6-12(15(18)20-4)14(22)13(16(19)21-5)7-11(10)9(2)17(8)3/h6-7H,1-5H3. The van der Waals surface area contributed by atoms with Crippen LogP contribution < -0.4 is 0 Å². The first kappa shape index (κ1) is 16.2. The molecule has 0 spiro atoms. The number of nitrogens with zero attached hydrogens (tertiary/aromatic N) is 1. The van der Waals surface area contributed by atoms with Gasteiger partial charge < -0.3 is 14.0 Å². The third-order valence-corrected chi connectivity index (χ3v) is 4.39. The molecule has 0 fully saturated rings. The maximum Gasteiger partial charge on any atom is 0.339 e. The first-order chi connectivity index (χ1) is 10.3. The highest BCUT2D eigenvalue weighted by Crippen LogP contribution is 2.27. The predicted molar refractivity (Wildman–Crippen MR) is 85.9 cm³/mol. The smallest absolute Gasteiger partial charge is 0.339 e. The molecule has 22 heavy (non-hydrogen) atoms. The van der Waals surface area contributed by atoms with E-state index in [0.29, 0.717) is 0 Å². The van der Waals surface area contributed by atoms with Gasteiger partial charge in [-0.05, 0) is 26.0 Å². The van der Waals surface area contributed by atoms with E-state index in [1.54, 1.807) is 12.1 Å². The number of fused-ring (bicyclic) bond motifs is 1. The number of aromatic nitrogens is 1. The fraction of sp³-hybridized carbons (Fsp3) is 0.312. The van der Waals surface area contributed by atoms with Crippen molar-refractivity contribution in [3.8, 4) is 0 Å². The van der Waals surface area contributed by atoms with Crippen molar-refractivity contribution in [1.82, 2.24) is 4.57 Å². The van der Waals surface area contributed by atoms with Gasteiger partial charge in [-0.2, -0.15) is 0 Å². The van der Waals surface area contributed by atoms with E-state index in [-0.39, 0.29) is 15.6 Å². The minimum atomic E-state index is -0.575. The zero-order chi connectivity index (χ0) is 16.6. The second-order valence-electron chi connectivity index (χ2n) is 4.99. The average Bonchev–Trinajstić information content (AvgIpc) is 2.66. The van der Waals surface area contributed by atoms with Crippen LogP contribution in [0.4, 0.5) is 0 Å². The molecular weight excluding hydrogens is 302 g/mol. The number of carbonyl (C=O) groups is 2. The Hall–Kier alpha value is -2.21. The molecule has 0 saturated heterocycles. The lowest BCUT2D eigenvalue weighted by atomic mass is 10.2. The minimum Gasteiger partial charge on any atom is -0.465 e. The Labute approximate surface area is 133 Å². The molecule has 116 valence electrons. The normalized spacial score (nSPS) is 10.6. The maximum atomic E-state index is 12.0. The van der Waals surface area contributed by atoms with Crippen molar-refractivity contribution >= 4 is 34.9 Å². The molecule has 0 N–H and O–H groups in total. The summed E-state index contributed by atoms with van der Waals surface area (Å²) in [6.07, 6.45) is 0. The lowest BCUT2D eigenvalue weighted by Crippen LogP contribution is -2.06. The molecular formula is C16H17NO4S. The summed E-state index contributed by atoms with van der Waals surface area (Å²) in [6.45, 7) is 3.88. The third-order valence-electron chi connectivity index (χ3n) is 3.95. The molecule has 0 atom stereocenters. The first-order valence-electron chi connectivity index (χ1n) is 6.64. The summed E-state index contributed by atoms with van der Waals surface area (Å²) in [7, 11) is 4.49. The Bertz CT molecular complexity index is 786. The number of esters is 2. The Morgan fingerprint density at radius 2 is 1.32 bits per heavy atom. The van der Waals surface area contributed by atoms with Gasteiger partial charge in [-0.25, -0.2) is 9.59 Å². The second-order valence-corrected chi connectivity index (χ2v) is 5.39. The van der Waals surface area contributed by atoms with Gasteiger partial charge in [0.15, 0.2) is 0 Å². The summed E-state index contributed by atoms with van der Waals surface area (Å²) in [5, 5.41) is 1.70. The van der Waals surface area contributed by atoms with Crippen LogP contribution >= 0.6 is 12.2 Å². The molecule has 6 heteroatoms. The van der Waals surface area contributed by atoms with Gasteiger partial charge in [0.05, 0.1) is 29.9 Å². The van der Waals surface area contributed by atoms with E-state index in [2.05, 4.69) is 0 Å². The molecule has 5 nitrogen and oxygen atoms in total. The second kappa shape index (κ2) is 5.88. The van der Waals surface area contributed by atoms with Crippen molar-refractivity contribution in [2.45, 2.75) is 13.8 Å². The predicted octanol–water partition coefficient (Wildman–Crippen LogP) is 3.10. The highest BCUT2D eigenvalue weighted by atomic mass is 32.1. The molecule has 0 unspecified atom stereocenters. The Balaban J connectivity index is 3.06. The van der Waals surface area contributed by atoms with Crippen LogP contribution in [-0.4, -0.2) is 30.7 Å². The largest absolute Gasteiger partial charge is 0.465 e. The summed E-state index contributed by atoms with van der Waals surface area (Å²) >= 11 is 5.31.